The highest BCUT2D eigenvalue weighted by molar-refractivity contribution is 9.10. The summed E-state index contributed by atoms with van der Waals surface area (Å²) in [5.74, 6) is 0.227. The zero-order valence-corrected chi connectivity index (χ0v) is 10.9. The zero-order valence-electron chi connectivity index (χ0n) is 9.35. The van der Waals surface area contributed by atoms with Crippen molar-refractivity contribution in [2.24, 2.45) is 5.92 Å². The lowest BCUT2D eigenvalue weighted by Crippen LogP contribution is -2.26. The van der Waals surface area contributed by atoms with Gasteiger partial charge in [0.2, 0.25) is 0 Å². The highest BCUT2D eigenvalue weighted by atomic mass is 79.9. The van der Waals surface area contributed by atoms with E-state index in [1.54, 1.807) is 0 Å². The Morgan fingerprint density at radius 2 is 2.07 bits per heavy atom. The van der Waals surface area contributed by atoms with Crippen molar-refractivity contribution in [1.29, 1.82) is 0 Å². The van der Waals surface area contributed by atoms with Crippen molar-refractivity contribution in [2.45, 2.75) is 26.8 Å². The van der Waals surface area contributed by atoms with Crippen LogP contribution >= 0.6 is 15.9 Å². The van der Waals surface area contributed by atoms with Gasteiger partial charge in [0.05, 0.1) is 0 Å². The lowest BCUT2D eigenvalue weighted by Gasteiger charge is -2.22. The molecule has 0 amide bonds. The molecule has 0 aromatic heterocycles. The Bertz CT molecular complexity index is 325. The molecule has 0 radical (unpaired) electrons. The van der Waals surface area contributed by atoms with E-state index in [1.807, 2.05) is 19.1 Å². The first-order valence-electron chi connectivity index (χ1n) is 5.24. The van der Waals surface area contributed by atoms with Gasteiger partial charge in [0.15, 0.2) is 0 Å². The van der Waals surface area contributed by atoms with Crippen LogP contribution in [0.5, 0.6) is 0 Å². The SMILES string of the molecule is CCNC(c1ccc(Br)cc1F)C(C)C. The van der Waals surface area contributed by atoms with Crippen molar-refractivity contribution in [1.82, 2.24) is 5.32 Å². The van der Waals surface area contributed by atoms with E-state index < -0.39 is 0 Å². The topological polar surface area (TPSA) is 12.0 Å². The second kappa shape index (κ2) is 5.61. The largest absolute Gasteiger partial charge is 0.310 e. The van der Waals surface area contributed by atoms with Crippen LogP contribution in [-0.4, -0.2) is 6.54 Å². The van der Waals surface area contributed by atoms with E-state index in [9.17, 15) is 4.39 Å². The van der Waals surface area contributed by atoms with Crippen molar-refractivity contribution < 1.29 is 4.39 Å². The summed E-state index contributed by atoms with van der Waals surface area (Å²) in [7, 11) is 0. The Morgan fingerprint density at radius 1 is 1.40 bits per heavy atom. The average molecular weight is 274 g/mol. The molecule has 0 saturated carbocycles. The lowest BCUT2D eigenvalue weighted by atomic mass is 9.95. The molecule has 0 aliphatic carbocycles. The first kappa shape index (κ1) is 12.7. The summed E-state index contributed by atoms with van der Waals surface area (Å²) in [6.07, 6.45) is 0. The molecular weight excluding hydrogens is 257 g/mol. The molecule has 0 bridgehead atoms. The number of rotatable bonds is 4. The van der Waals surface area contributed by atoms with Gasteiger partial charge in [-0.3, -0.25) is 0 Å². The van der Waals surface area contributed by atoms with Gasteiger partial charge in [-0.2, -0.15) is 0 Å². The molecule has 1 aromatic carbocycles. The molecule has 0 aliphatic heterocycles. The van der Waals surface area contributed by atoms with Crippen LogP contribution in [0.2, 0.25) is 0 Å². The summed E-state index contributed by atoms with van der Waals surface area (Å²) in [5, 5.41) is 3.30. The van der Waals surface area contributed by atoms with Crippen LogP contribution in [0.25, 0.3) is 0 Å². The molecule has 0 aliphatic rings. The molecule has 3 heteroatoms. The van der Waals surface area contributed by atoms with Crippen LogP contribution in [0.1, 0.15) is 32.4 Å². The highest BCUT2D eigenvalue weighted by Gasteiger charge is 2.18. The van der Waals surface area contributed by atoms with Crippen molar-refractivity contribution in [3.63, 3.8) is 0 Å². The van der Waals surface area contributed by atoms with Crippen molar-refractivity contribution in [3.8, 4) is 0 Å². The van der Waals surface area contributed by atoms with Crippen molar-refractivity contribution >= 4 is 15.9 Å². The minimum absolute atomic E-state index is 0.0862. The van der Waals surface area contributed by atoms with Gasteiger partial charge in [-0.25, -0.2) is 4.39 Å². The quantitative estimate of drug-likeness (QED) is 0.878. The molecule has 0 fully saturated rings. The van der Waals surface area contributed by atoms with Crippen LogP contribution in [0.3, 0.4) is 0 Å². The molecule has 1 unspecified atom stereocenters. The Balaban J connectivity index is 3.00. The molecule has 1 rings (SSSR count). The standard InChI is InChI=1S/C12H17BrFN/c1-4-15-12(8(2)3)10-6-5-9(13)7-11(10)14/h5-8,12,15H,4H2,1-3H3. The van der Waals surface area contributed by atoms with Crippen LogP contribution in [0.4, 0.5) is 4.39 Å². The van der Waals surface area contributed by atoms with Gasteiger partial charge in [-0.1, -0.05) is 42.8 Å². The minimum Gasteiger partial charge on any atom is -0.310 e. The highest BCUT2D eigenvalue weighted by Crippen LogP contribution is 2.26. The van der Waals surface area contributed by atoms with Gasteiger partial charge < -0.3 is 5.32 Å². The molecule has 1 nitrogen and oxygen atoms in total. The van der Waals surface area contributed by atoms with E-state index in [-0.39, 0.29) is 11.9 Å². The Kier molecular flexibility index (Phi) is 4.74. The average Bonchev–Trinajstić information content (AvgIpc) is 2.15. The molecule has 1 aromatic rings. The second-order valence-electron chi connectivity index (χ2n) is 3.95. The molecule has 1 atom stereocenters. The Labute approximate surface area is 99.2 Å². The summed E-state index contributed by atoms with van der Waals surface area (Å²) in [6.45, 7) is 7.06. The van der Waals surface area contributed by atoms with Gasteiger partial charge in [-0.15, -0.1) is 0 Å². The third-order valence-corrected chi connectivity index (χ3v) is 2.88. The minimum atomic E-state index is -0.149. The van der Waals surface area contributed by atoms with E-state index in [1.165, 1.54) is 6.07 Å². The molecule has 0 saturated heterocycles. The predicted octanol–water partition coefficient (Wildman–Crippen LogP) is 3.89. The fraction of sp³-hybridized carbons (Fsp3) is 0.500. The second-order valence-corrected chi connectivity index (χ2v) is 4.86. The third kappa shape index (κ3) is 3.28. The van der Waals surface area contributed by atoms with Gasteiger partial charge in [0.1, 0.15) is 5.82 Å². The number of halogens is 2. The fourth-order valence-electron chi connectivity index (χ4n) is 1.68. The van der Waals surface area contributed by atoms with Crippen LogP contribution in [-0.2, 0) is 0 Å². The van der Waals surface area contributed by atoms with E-state index in [2.05, 4.69) is 35.1 Å². The van der Waals surface area contributed by atoms with E-state index >= 15 is 0 Å². The van der Waals surface area contributed by atoms with Crippen molar-refractivity contribution in [3.05, 3.63) is 34.1 Å². The van der Waals surface area contributed by atoms with E-state index in [0.717, 1.165) is 16.6 Å². The number of hydrogen-bond acceptors (Lipinski definition) is 1. The van der Waals surface area contributed by atoms with Gasteiger partial charge >= 0.3 is 0 Å². The summed E-state index contributed by atoms with van der Waals surface area (Å²) in [4.78, 5) is 0. The lowest BCUT2D eigenvalue weighted by molar-refractivity contribution is 0.405. The summed E-state index contributed by atoms with van der Waals surface area (Å²) in [6, 6.07) is 5.32. The molecular formula is C12H17BrFN. The van der Waals surface area contributed by atoms with E-state index in [4.69, 9.17) is 0 Å². The smallest absolute Gasteiger partial charge is 0.129 e. The number of nitrogens with one attached hydrogen (secondary N) is 1. The molecule has 0 spiro atoms. The molecule has 1 N–H and O–H groups in total. The van der Waals surface area contributed by atoms with Crippen LogP contribution in [0.15, 0.2) is 22.7 Å². The Morgan fingerprint density at radius 3 is 2.53 bits per heavy atom. The normalized spacial score (nSPS) is 13.2. The Hall–Kier alpha value is -0.410. The molecule has 0 heterocycles. The summed E-state index contributed by atoms with van der Waals surface area (Å²) in [5.41, 5.74) is 0.745. The maximum atomic E-state index is 13.7. The van der Waals surface area contributed by atoms with E-state index in [0.29, 0.717) is 5.92 Å². The fourth-order valence-corrected chi connectivity index (χ4v) is 2.01. The maximum absolute atomic E-state index is 13.7. The summed E-state index contributed by atoms with van der Waals surface area (Å²) < 4.78 is 14.5. The van der Waals surface area contributed by atoms with Gasteiger partial charge in [-0.05, 0) is 24.6 Å². The number of benzene rings is 1. The predicted molar refractivity (Wildman–Crippen MR) is 65.4 cm³/mol. The zero-order chi connectivity index (χ0) is 11.4. The maximum Gasteiger partial charge on any atom is 0.129 e. The summed E-state index contributed by atoms with van der Waals surface area (Å²) >= 11 is 3.26. The number of hydrogen-bond donors (Lipinski definition) is 1. The van der Waals surface area contributed by atoms with Crippen LogP contribution < -0.4 is 5.32 Å². The third-order valence-electron chi connectivity index (χ3n) is 2.39. The molecule has 15 heavy (non-hydrogen) atoms. The monoisotopic (exact) mass is 273 g/mol. The van der Waals surface area contributed by atoms with Gasteiger partial charge in [0, 0.05) is 16.1 Å². The first-order valence-corrected chi connectivity index (χ1v) is 6.04. The van der Waals surface area contributed by atoms with Crippen LogP contribution in [0, 0.1) is 11.7 Å². The van der Waals surface area contributed by atoms with Gasteiger partial charge in [0.25, 0.3) is 0 Å². The molecule has 84 valence electrons. The van der Waals surface area contributed by atoms with Crippen molar-refractivity contribution in [2.75, 3.05) is 6.54 Å². The first-order chi connectivity index (χ1) is 7.06.